The van der Waals surface area contributed by atoms with Crippen molar-refractivity contribution in [1.82, 2.24) is 14.4 Å². The SMILES string of the molecule is COc1cc2ncn3c(=O)c4ccccc4nc3c2cc1OCCCCl. The molecule has 2 heterocycles. The molecule has 0 amide bonds. The molecule has 4 rings (SSSR count). The van der Waals surface area contributed by atoms with Crippen LogP contribution in [0.3, 0.4) is 0 Å². The molecule has 2 aromatic heterocycles. The van der Waals surface area contributed by atoms with Gasteiger partial charge >= 0.3 is 0 Å². The number of hydrogen-bond donors (Lipinski definition) is 0. The van der Waals surface area contributed by atoms with E-state index in [4.69, 9.17) is 21.1 Å². The third-order valence-corrected chi connectivity index (χ3v) is 4.45. The van der Waals surface area contributed by atoms with Gasteiger partial charge in [-0.2, -0.15) is 0 Å². The van der Waals surface area contributed by atoms with Crippen molar-refractivity contribution in [2.75, 3.05) is 19.6 Å². The highest BCUT2D eigenvalue weighted by Crippen LogP contribution is 2.33. The molecule has 0 bridgehead atoms. The van der Waals surface area contributed by atoms with Crippen LogP contribution in [0.25, 0.3) is 27.5 Å². The van der Waals surface area contributed by atoms with Gasteiger partial charge in [-0.05, 0) is 24.6 Å². The van der Waals surface area contributed by atoms with Gasteiger partial charge in [0.15, 0.2) is 17.1 Å². The van der Waals surface area contributed by atoms with Crippen molar-refractivity contribution in [3.05, 3.63) is 53.1 Å². The van der Waals surface area contributed by atoms with Crippen molar-refractivity contribution in [2.24, 2.45) is 0 Å². The summed E-state index contributed by atoms with van der Waals surface area (Å²) in [6, 6.07) is 10.9. The van der Waals surface area contributed by atoms with E-state index < -0.39 is 0 Å². The summed E-state index contributed by atoms with van der Waals surface area (Å²) in [6.07, 6.45) is 2.21. The lowest BCUT2D eigenvalue weighted by Crippen LogP contribution is -2.16. The second-order valence-corrected chi connectivity index (χ2v) is 6.16. The zero-order valence-electron chi connectivity index (χ0n) is 14.1. The standard InChI is InChI=1S/C19H16ClN3O3/c1-25-16-10-15-13(9-17(16)26-8-4-7-20)18-22-14-6-3-2-5-12(14)19(24)23(18)11-21-15/h2-3,5-6,9-11H,4,7-8H2,1H3. The molecular formula is C19H16ClN3O3. The predicted molar refractivity (Wildman–Crippen MR) is 102 cm³/mol. The predicted octanol–water partition coefficient (Wildman–Crippen LogP) is 3.41. The van der Waals surface area contributed by atoms with Gasteiger partial charge in [-0.1, -0.05) is 12.1 Å². The lowest BCUT2D eigenvalue weighted by atomic mass is 10.2. The topological polar surface area (TPSA) is 65.7 Å². The van der Waals surface area contributed by atoms with Gasteiger partial charge in [0.05, 0.1) is 30.1 Å². The molecule has 0 aliphatic heterocycles. The second-order valence-electron chi connectivity index (χ2n) is 5.78. The molecule has 6 nitrogen and oxygen atoms in total. The number of halogens is 1. The van der Waals surface area contributed by atoms with Gasteiger partial charge in [-0.15, -0.1) is 11.6 Å². The highest BCUT2D eigenvalue weighted by molar-refractivity contribution is 6.17. The van der Waals surface area contributed by atoms with Gasteiger partial charge in [-0.3, -0.25) is 4.79 Å². The summed E-state index contributed by atoms with van der Waals surface area (Å²) in [5.41, 5.74) is 1.70. The lowest BCUT2D eigenvalue weighted by Gasteiger charge is -2.12. The maximum Gasteiger partial charge on any atom is 0.266 e. The molecule has 0 aliphatic rings. The summed E-state index contributed by atoms with van der Waals surface area (Å²) in [4.78, 5) is 21.8. The Morgan fingerprint density at radius 1 is 1.12 bits per heavy atom. The fourth-order valence-electron chi connectivity index (χ4n) is 2.91. The Labute approximate surface area is 154 Å². The molecule has 0 N–H and O–H groups in total. The van der Waals surface area contributed by atoms with Crippen LogP contribution in [-0.2, 0) is 0 Å². The third-order valence-electron chi connectivity index (χ3n) is 4.18. The van der Waals surface area contributed by atoms with Crippen molar-refractivity contribution in [1.29, 1.82) is 0 Å². The van der Waals surface area contributed by atoms with Crippen molar-refractivity contribution in [3.8, 4) is 11.5 Å². The monoisotopic (exact) mass is 369 g/mol. The van der Waals surface area contributed by atoms with Gasteiger partial charge in [0.25, 0.3) is 5.56 Å². The summed E-state index contributed by atoms with van der Waals surface area (Å²) < 4.78 is 12.7. The van der Waals surface area contributed by atoms with Crippen molar-refractivity contribution < 1.29 is 9.47 Å². The normalized spacial score (nSPS) is 11.3. The largest absolute Gasteiger partial charge is 0.493 e. The van der Waals surface area contributed by atoms with E-state index in [0.717, 1.165) is 11.8 Å². The van der Waals surface area contributed by atoms with Crippen LogP contribution in [0.15, 0.2) is 47.5 Å². The zero-order chi connectivity index (χ0) is 18.1. The summed E-state index contributed by atoms with van der Waals surface area (Å²) in [5.74, 6) is 1.66. The van der Waals surface area contributed by atoms with Gasteiger partial charge in [0, 0.05) is 17.3 Å². The van der Waals surface area contributed by atoms with Crippen molar-refractivity contribution in [3.63, 3.8) is 0 Å². The number of para-hydroxylation sites is 1. The first kappa shape index (κ1) is 16.6. The van der Waals surface area contributed by atoms with E-state index in [0.29, 0.717) is 46.1 Å². The quantitative estimate of drug-likeness (QED) is 0.233. The van der Waals surface area contributed by atoms with E-state index in [2.05, 4.69) is 9.97 Å². The number of hydrogen-bond acceptors (Lipinski definition) is 5. The molecule has 7 heteroatoms. The Morgan fingerprint density at radius 2 is 1.96 bits per heavy atom. The van der Waals surface area contributed by atoms with Crippen LogP contribution in [-0.4, -0.2) is 34.0 Å². The number of alkyl halides is 1. The maximum absolute atomic E-state index is 12.8. The Balaban J connectivity index is 2.01. The molecule has 0 spiro atoms. The molecule has 0 atom stereocenters. The smallest absolute Gasteiger partial charge is 0.266 e. The molecular weight excluding hydrogens is 354 g/mol. The number of fused-ring (bicyclic) bond motifs is 4. The third kappa shape index (κ3) is 2.72. The van der Waals surface area contributed by atoms with E-state index >= 15 is 0 Å². The number of nitrogens with zero attached hydrogens (tertiary/aromatic N) is 3. The Bertz CT molecular complexity index is 1170. The zero-order valence-corrected chi connectivity index (χ0v) is 14.9. The molecule has 0 saturated carbocycles. The molecule has 4 aromatic rings. The van der Waals surface area contributed by atoms with E-state index in [-0.39, 0.29) is 5.56 Å². The first-order valence-electron chi connectivity index (χ1n) is 8.19. The highest BCUT2D eigenvalue weighted by atomic mass is 35.5. The number of ether oxygens (including phenoxy) is 2. The van der Waals surface area contributed by atoms with Gasteiger partial charge in [0.2, 0.25) is 0 Å². The Morgan fingerprint density at radius 3 is 2.77 bits per heavy atom. The molecule has 132 valence electrons. The highest BCUT2D eigenvalue weighted by Gasteiger charge is 2.13. The minimum atomic E-state index is -0.152. The molecule has 0 aliphatic carbocycles. The van der Waals surface area contributed by atoms with Crippen LogP contribution in [0.1, 0.15) is 6.42 Å². The summed E-state index contributed by atoms with van der Waals surface area (Å²) in [7, 11) is 1.58. The van der Waals surface area contributed by atoms with Crippen LogP contribution in [0.4, 0.5) is 0 Å². The minimum absolute atomic E-state index is 0.152. The van der Waals surface area contributed by atoms with E-state index in [1.54, 1.807) is 19.2 Å². The van der Waals surface area contributed by atoms with Gasteiger partial charge < -0.3 is 9.47 Å². The fourth-order valence-corrected chi connectivity index (χ4v) is 3.02. The van der Waals surface area contributed by atoms with Crippen LogP contribution in [0.5, 0.6) is 11.5 Å². The first-order chi connectivity index (χ1) is 12.7. The number of benzene rings is 2. The van der Waals surface area contributed by atoms with Crippen molar-refractivity contribution in [2.45, 2.75) is 6.42 Å². The van der Waals surface area contributed by atoms with Crippen LogP contribution in [0, 0.1) is 0 Å². The van der Waals surface area contributed by atoms with E-state index in [1.807, 2.05) is 24.3 Å². The molecule has 0 fully saturated rings. The maximum atomic E-state index is 12.8. The van der Waals surface area contributed by atoms with Gasteiger partial charge in [0.1, 0.15) is 6.33 Å². The molecule has 0 radical (unpaired) electrons. The van der Waals surface area contributed by atoms with Crippen LogP contribution < -0.4 is 15.0 Å². The molecule has 2 aromatic carbocycles. The summed E-state index contributed by atoms with van der Waals surface area (Å²) >= 11 is 5.72. The average molecular weight is 370 g/mol. The second kappa shape index (κ2) is 6.80. The molecule has 26 heavy (non-hydrogen) atoms. The van der Waals surface area contributed by atoms with E-state index in [1.165, 1.54) is 10.7 Å². The Kier molecular flexibility index (Phi) is 4.34. The Hall–Kier alpha value is -2.86. The number of methoxy groups -OCH3 is 1. The minimum Gasteiger partial charge on any atom is -0.493 e. The number of aromatic nitrogens is 3. The molecule has 0 saturated heterocycles. The van der Waals surface area contributed by atoms with E-state index in [9.17, 15) is 4.79 Å². The first-order valence-corrected chi connectivity index (χ1v) is 8.73. The fraction of sp³-hybridized carbons (Fsp3) is 0.211. The molecule has 0 unspecified atom stereocenters. The summed E-state index contributed by atoms with van der Waals surface area (Å²) in [6.45, 7) is 0.472. The van der Waals surface area contributed by atoms with Crippen molar-refractivity contribution >= 4 is 39.1 Å². The lowest BCUT2D eigenvalue weighted by molar-refractivity contribution is 0.295. The van der Waals surface area contributed by atoms with Gasteiger partial charge in [-0.25, -0.2) is 14.4 Å². The average Bonchev–Trinajstić information content (AvgIpc) is 2.68. The number of rotatable bonds is 5. The summed E-state index contributed by atoms with van der Waals surface area (Å²) in [5, 5.41) is 1.27. The van der Waals surface area contributed by atoms with Crippen LogP contribution in [0.2, 0.25) is 0 Å². The van der Waals surface area contributed by atoms with Crippen LogP contribution >= 0.6 is 11.6 Å².